The molecule has 0 amide bonds. The van der Waals surface area contributed by atoms with Crippen molar-refractivity contribution in [1.82, 2.24) is 20.3 Å². The van der Waals surface area contributed by atoms with E-state index in [2.05, 4.69) is 20.3 Å². The lowest BCUT2D eigenvalue weighted by molar-refractivity contribution is 0.386. The molecule has 0 aliphatic rings. The summed E-state index contributed by atoms with van der Waals surface area (Å²) in [6.45, 7) is 3.61. The fraction of sp³-hybridized carbons (Fsp3) is 0.273. The van der Waals surface area contributed by atoms with Crippen LogP contribution in [-0.2, 0) is 5.75 Å². The number of aromatic nitrogens is 4. The number of hydrogen-bond donors (Lipinski definition) is 0. The van der Waals surface area contributed by atoms with Crippen LogP contribution in [-0.4, -0.2) is 20.3 Å². The molecule has 0 bridgehead atoms. The van der Waals surface area contributed by atoms with Crippen molar-refractivity contribution in [2.75, 3.05) is 0 Å². The van der Waals surface area contributed by atoms with Gasteiger partial charge in [-0.1, -0.05) is 16.9 Å². The summed E-state index contributed by atoms with van der Waals surface area (Å²) in [5, 5.41) is 12.1. The van der Waals surface area contributed by atoms with Crippen LogP contribution in [0, 0.1) is 13.8 Å². The SMILES string of the molecule is Cc1noc(CSc2nnc(-c3ccoc3C)o2)n1. The van der Waals surface area contributed by atoms with Gasteiger partial charge in [0.15, 0.2) is 5.82 Å². The molecule has 3 aromatic rings. The zero-order chi connectivity index (χ0) is 13.2. The Labute approximate surface area is 112 Å². The van der Waals surface area contributed by atoms with Gasteiger partial charge < -0.3 is 13.4 Å². The van der Waals surface area contributed by atoms with E-state index in [0.29, 0.717) is 28.6 Å². The maximum absolute atomic E-state index is 5.53. The molecule has 8 heteroatoms. The normalized spacial score (nSPS) is 11.1. The Morgan fingerprint density at radius 1 is 1.26 bits per heavy atom. The van der Waals surface area contributed by atoms with Gasteiger partial charge in [-0.3, -0.25) is 0 Å². The maximum atomic E-state index is 5.53. The first-order valence-electron chi connectivity index (χ1n) is 5.52. The minimum Gasteiger partial charge on any atom is -0.469 e. The first-order valence-corrected chi connectivity index (χ1v) is 6.51. The Kier molecular flexibility index (Phi) is 3.08. The molecule has 0 spiro atoms. The second kappa shape index (κ2) is 4.88. The van der Waals surface area contributed by atoms with Crippen LogP contribution in [0.4, 0.5) is 0 Å². The van der Waals surface area contributed by atoms with Crippen molar-refractivity contribution in [3.05, 3.63) is 29.8 Å². The zero-order valence-electron chi connectivity index (χ0n) is 10.3. The molecular weight excluding hydrogens is 268 g/mol. The van der Waals surface area contributed by atoms with Crippen molar-refractivity contribution in [3.8, 4) is 11.5 Å². The van der Waals surface area contributed by atoms with Crippen molar-refractivity contribution in [2.45, 2.75) is 24.8 Å². The second-order valence-corrected chi connectivity index (χ2v) is 4.71. The van der Waals surface area contributed by atoms with E-state index in [-0.39, 0.29) is 0 Å². The molecular formula is C11H10N4O3S. The summed E-state index contributed by atoms with van der Waals surface area (Å²) in [5.41, 5.74) is 0.799. The van der Waals surface area contributed by atoms with E-state index in [9.17, 15) is 0 Å². The van der Waals surface area contributed by atoms with Crippen molar-refractivity contribution in [1.29, 1.82) is 0 Å². The molecule has 7 nitrogen and oxygen atoms in total. The van der Waals surface area contributed by atoms with Crippen LogP contribution in [0.25, 0.3) is 11.5 Å². The Balaban J connectivity index is 1.70. The molecule has 3 rings (SSSR count). The summed E-state index contributed by atoms with van der Waals surface area (Å²) < 4.78 is 15.7. The molecule has 0 aromatic carbocycles. The number of furan rings is 1. The number of hydrogen-bond acceptors (Lipinski definition) is 8. The van der Waals surface area contributed by atoms with Crippen molar-refractivity contribution < 1.29 is 13.4 Å². The zero-order valence-corrected chi connectivity index (χ0v) is 11.1. The van der Waals surface area contributed by atoms with E-state index >= 15 is 0 Å². The molecule has 0 N–H and O–H groups in total. The van der Waals surface area contributed by atoms with Crippen LogP contribution in [0.1, 0.15) is 17.5 Å². The largest absolute Gasteiger partial charge is 0.469 e. The van der Waals surface area contributed by atoms with Gasteiger partial charge in [0, 0.05) is 0 Å². The highest BCUT2D eigenvalue weighted by molar-refractivity contribution is 7.98. The molecule has 0 aliphatic carbocycles. The first kappa shape index (κ1) is 12.0. The van der Waals surface area contributed by atoms with Crippen molar-refractivity contribution in [3.63, 3.8) is 0 Å². The monoisotopic (exact) mass is 278 g/mol. The van der Waals surface area contributed by atoms with Crippen LogP contribution in [0.15, 0.2) is 30.9 Å². The highest BCUT2D eigenvalue weighted by Gasteiger charge is 2.14. The van der Waals surface area contributed by atoms with Gasteiger partial charge in [-0.15, -0.1) is 10.2 Å². The van der Waals surface area contributed by atoms with E-state index in [0.717, 1.165) is 11.3 Å². The molecule has 0 unspecified atom stereocenters. The molecule has 19 heavy (non-hydrogen) atoms. The molecule has 3 heterocycles. The fourth-order valence-corrected chi connectivity index (χ4v) is 2.11. The molecule has 0 saturated heterocycles. The molecule has 0 aliphatic heterocycles. The average Bonchev–Trinajstić information content (AvgIpc) is 3.07. The van der Waals surface area contributed by atoms with E-state index in [1.165, 1.54) is 11.8 Å². The lowest BCUT2D eigenvalue weighted by atomic mass is 10.3. The third-order valence-electron chi connectivity index (χ3n) is 2.38. The maximum Gasteiger partial charge on any atom is 0.277 e. The Bertz CT molecular complexity index is 687. The minimum absolute atomic E-state index is 0.440. The summed E-state index contributed by atoms with van der Waals surface area (Å²) in [7, 11) is 0. The summed E-state index contributed by atoms with van der Waals surface area (Å²) in [6, 6.07) is 1.79. The lowest BCUT2D eigenvalue weighted by Gasteiger charge is -1.90. The van der Waals surface area contributed by atoms with Crippen molar-refractivity contribution in [2.24, 2.45) is 0 Å². The van der Waals surface area contributed by atoms with E-state index in [1.807, 2.05) is 6.92 Å². The van der Waals surface area contributed by atoms with E-state index < -0.39 is 0 Å². The molecule has 0 fully saturated rings. The Morgan fingerprint density at radius 3 is 2.84 bits per heavy atom. The molecule has 98 valence electrons. The molecule has 3 aromatic heterocycles. The van der Waals surface area contributed by atoms with E-state index in [1.54, 1.807) is 19.3 Å². The van der Waals surface area contributed by atoms with Gasteiger partial charge in [0.05, 0.1) is 17.6 Å². The molecule has 0 atom stereocenters. The van der Waals surface area contributed by atoms with Gasteiger partial charge >= 0.3 is 0 Å². The highest BCUT2D eigenvalue weighted by Crippen LogP contribution is 2.27. The van der Waals surface area contributed by atoms with Gasteiger partial charge in [-0.25, -0.2) is 0 Å². The van der Waals surface area contributed by atoms with Gasteiger partial charge in [-0.2, -0.15) is 4.98 Å². The van der Waals surface area contributed by atoms with Crippen LogP contribution in [0.5, 0.6) is 0 Å². The van der Waals surface area contributed by atoms with E-state index in [4.69, 9.17) is 13.4 Å². The average molecular weight is 278 g/mol. The van der Waals surface area contributed by atoms with Gasteiger partial charge in [0.1, 0.15) is 5.76 Å². The second-order valence-electron chi connectivity index (χ2n) is 3.79. The summed E-state index contributed by atoms with van der Waals surface area (Å²) in [4.78, 5) is 4.09. The first-order chi connectivity index (χ1) is 9.22. The highest BCUT2D eigenvalue weighted by atomic mass is 32.2. The van der Waals surface area contributed by atoms with Gasteiger partial charge in [0.2, 0.25) is 5.89 Å². The Morgan fingerprint density at radius 2 is 2.16 bits per heavy atom. The van der Waals surface area contributed by atoms with Crippen LogP contribution in [0.2, 0.25) is 0 Å². The fourth-order valence-electron chi connectivity index (χ4n) is 1.51. The predicted molar refractivity (Wildman–Crippen MR) is 65.3 cm³/mol. The molecule has 0 saturated carbocycles. The van der Waals surface area contributed by atoms with Crippen LogP contribution >= 0.6 is 11.8 Å². The summed E-state index contributed by atoms with van der Waals surface area (Å²) in [5.74, 6) is 2.81. The number of nitrogens with zero attached hydrogens (tertiary/aromatic N) is 4. The van der Waals surface area contributed by atoms with Crippen LogP contribution in [0.3, 0.4) is 0 Å². The summed E-state index contributed by atoms with van der Waals surface area (Å²) >= 11 is 1.34. The lowest BCUT2D eigenvalue weighted by Crippen LogP contribution is -1.80. The van der Waals surface area contributed by atoms with Gasteiger partial charge in [-0.05, 0) is 19.9 Å². The number of thioether (sulfide) groups is 1. The summed E-state index contributed by atoms with van der Waals surface area (Å²) in [6.07, 6.45) is 1.59. The number of aryl methyl sites for hydroxylation is 2. The third kappa shape index (κ3) is 2.53. The molecule has 0 radical (unpaired) electrons. The van der Waals surface area contributed by atoms with Crippen LogP contribution < -0.4 is 0 Å². The van der Waals surface area contributed by atoms with Crippen molar-refractivity contribution >= 4 is 11.8 Å². The predicted octanol–water partition coefficient (Wildman–Crippen LogP) is 2.62. The standard InChI is InChI=1S/C11H10N4O3S/c1-6-8(3-4-16-6)10-13-14-11(17-10)19-5-9-12-7(2)15-18-9/h3-4H,5H2,1-2H3. The minimum atomic E-state index is 0.440. The quantitative estimate of drug-likeness (QED) is 0.672. The third-order valence-corrected chi connectivity index (χ3v) is 3.19. The number of rotatable bonds is 4. The smallest absolute Gasteiger partial charge is 0.277 e. The van der Waals surface area contributed by atoms with Gasteiger partial charge in [0.25, 0.3) is 11.1 Å². The Hall–Kier alpha value is -2.09. The topological polar surface area (TPSA) is 91.0 Å².